The lowest BCUT2D eigenvalue weighted by atomic mass is 9.98. The monoisotopic (exact) mass is 1890 g/mol. The standard InChI is InChI=1S/C91H113F4N17O21S/c1-7-8-19-69-90(131)111-33-14-20-68(111)84(125)105-65(43-76(118)119)83(124)107-78(49(2)3)91(132)109(5)70(40-50-15-10-9-11-16-50)85(126)102-62(29-30-75(116)117)88(129)112-34-35-133-46-72(112)86(127)104-64(42-54-44-98-60-18-13-12-17-57(54)60)82(123)103-63(38-51-23-27-56(113)28-24-51)81(122)101-61(31-32-96)80(121)106-67(79(120)99-45-73(97)114)47-134-48-74(115)100-66(39-53-36-58(93)77(95)59(94)37-53)87(128)110(6)71(89(130)108(69)4)41-52-21-25-55(92)26-22-52/h9-13,15-18,21-28,36-37,44,49,61-72,78,98,113H,7-8,14,19-20,29-35,38-43,45-48,96H2,1-6H3,(H2,97,114)(H,99,120)(H,100,115)(H,101,122)(H,102,126)(H,103,123)(H,104,127)(H,105,125)(H,106,121)(H,107,124)(H,116,117)(H,118,119)/t61-,62-,63-,64+,65-,66-,67-,68+,69-,70-,71-,72+,78+/m0/s1. The number of carbonyl (C=O) groups excluding carboxylic acids is 15. The molecule has 134 heavy (non-hydrogen) atoms. The number of rotatable bonds is 24. The fraction of sp³-hybridized carbons (Fsp3) is 0.462. The number of thioether (sulfide) groups is 1. The lowest BCUT2D eigenvalue weighted by Gasteiger charge is -2.38. The van der Waals surface area contributed by atoms with Crippen LogP contribution in [0, 0.1) is 29.2 Å². The Bertz CT molecular complexity index is 5230. The lowest BCUT2D eigenvalue weighted by molar-refractivity contribution is -0.152. The van der Waals surface area contributed by atoms with Crippen LogP contribution in [0.3, 0.4) is 0 Å². The summed E-state index contributed by atoms with van der Waals surface area (Å²) in [6.45, 7) is 2.25. The van der Waals surface area contributed by atoms with Gasteiger partial charge < -0.3 is 109 Å². The number of aromatic hydroxyl groups is 1. The van der Waals surface area contributed by atoms with E-state index in [4.69, 9.17) is 16.2 Å². The number of para-hydroxylation sites is 1. The van der Waals surface area contributed by atoms with Crippen LogP contribution in [-0.4, -0.2) is 296 Å². The number of benzene rings is 5. The van der Waals surface area contributed by atoms with Gasteiger partial charge in [0.05, 0.1) is 31.9 Å². The van der Waals surface area contributed by atoms with Crippen molar-refractivity contribution in [2.75, 3.05) is 72.0 Å². The molecule has 0 radical (unpaired) electrons. The summed E-state index contributed by atoms with van der Waals surface area (Å²) in [6, 6.07) is 3.66. The van der Waals surface area contributed by atoms with Crippen molar-refractivity contribution < 1.29 is 119 Å². The number of phenols is 1. The van der Waals surface area contributed by atoms with Crippen LogP contribution in [0.5, 0.6) is 5.75 Å². The summed E-state index contributed by atoms with van der Waals surface area (Å²) >= 11 is 0.607. The minimum atomic E-state index is -2.00. The Morgan fingerprint density at radius 3 is 1.75 bits per heavy atom. The predicted molar refractivity (Wildman–Crippen MR) is 477 cm³/mol. The molecular weight excluding hydrogens is 1780 g/mol. The van der Waals surface area contributed by atoms with Crippen molar-refractivity contribution in [2.24, 2.45) is 17.4 Å². The van der Waals surface area contributed by atoms with Crippen LogP contribution in [0.25, 0.3) is 10.9 Å². The summed E-state index contributed by atoms with van der Waals surface area (Å²) in [5, 5.41) is 54.3. The van der Waals surface area contributed by atoms with Crippen LogP contribution in [0.15, 0.2) is 121 Å². The first kappa shape index (κ1) is 104. The van der Waals surface area contributed by atoms with E-state index in [9.17, 15) is 62.5 Å². The number of nitrogens with one attached hydrogen (secondary N) is 10. The molecule has 3 fully saturated rings. The maximum absolute atomic E-state index is 15.7. The van der Waals surface area contributed by atoms with Crippen molar-refractivity contribution in [3.63, 3.8) is 0 Å². The molecule has 15 amide bonds. The van der Waals surface area contributed by atoms with Gasteiger partial charge in [-0.3, -0.25) is 81.5 Å². The summed E-state index contributed by atoms with van der Waals surface area (Å²) in [4.78, 5) is 257. The molecular formula is C91H113F4N17O21S. The van der Waals surface area contributed by atoms with E-state index >= 15 is 51.9 Å². The maximum Gasteiger partial charge on any atom is 0.305 e. The van der Waals surface area contributed by atoms with Gasteiger partial charge in [-0.05, 0) is 115 Å². The van der Waals surface area contributed by atoms with Crippen molar-refractivity contribution >= 4 is 123 Å². The lowest BCUT2D eigenvalue weighted by Crippen LogP contribution is -2.64. The highest BCUT2D eigenvalue weighted by molar-refractivity contribution is 8.00. The fourth-order valence-electron chi connectivity index (χ4n) is 16.0. The quantitative estimate of drug-likeness (QED) is 0.0288. The third-order valence-electron chi connectivity index (χ3n) is 23.4. The Balaban J connectivity index is 1.14. The third-order valence-corrected chi connectivity index (χ3v) is 24.4. The number of carboxylic acid groups (broad SMARTS) is 2. The van der Waals surface area contributed by atoms with Crippen molar-refractivity contribution in [2.45, 2.75) is 189 Å². The molecule has 0 aliphatic carbocycles. The number of phenolic OH excluding ortho intramolecular Hbond substituents is 1. The number of fused-ring (bicyclic) bond motifs is 3. The number of nitrogens with zero attached hydrogens (tertiary/aromatic N) is 5. The molecule has 6 aromatic rings. The number of primary amides is 1. The van der Waals surface area contributed by atoms with Gasteiger partial charge in [0.1, 0.15) is 90.1 Å². The number of aliphatic carboxylic acids is 2. The van der Waals surface area contributed by atoms with Gasteiger partial charge in [0.25, 0.3) is 0 Å². The number of carbonyl (C=O) groups is 17. The average molecular weight is 1890 g/mol. The normalized spacial score (nSPS) is 23.5. The molecule has 0 bridgehead atoms. The van der Waals surface area contributed by atoms with Crippen molar-refractivity contribution in [1.82, 2.24) is 77.3 Å². The molecule has 13 atom stereocenters. The maximum atomic E-state index is 15.7. The van der Waals surface area contributed by atoms with E-state index < -0.39 is 283 Å². The van der Waals surface area contributed by atoms with Crippen LogP contribution in [-0.2, 0) is 118 Å². The summed E-state index contributed by atoms with van der Waals surface area (Å²) in [5.74, 6) is -27.5. The van der Waals surface area contributed by atoms with Crippen molar-refractivity contribution in [1.29, 1.82) is 0 Å². The number of halogens is 4. The van der Waals surface area contributed by atoms with E-state index in [1.54, 1.807) is 67.7 Å². The van der Waals surface area contributed by atoms with E-state index in [0.29, 0.717) is 57.9 Å². The molecule has 3 saturated heterocycles. The number of aromatic amines is 1. The average Bonchev–Trinajstić information content (AvgIpc) is 1.71. The molecule has 0 unspecified atom stereocenters. The molecule has 0 spiro atoms. The Labute approximate surface area is 773 Å². The van der Waals surface area contributed by atoms with Crippen molar-refractivity contribution in [3.8, 4) is 5.75 Å². The molecule has 3 aliphatic heterocycles. The van der Waals surface area contributed by atoms with Gasteiger partial charge in [-0.2, -0.15) is 0 Å². The number of amides is 15. The fourth-order valence-corrected chi connectivity index (χ4v) is 16.8. The number of nitrogens with two attached hydrogens (primary N) is 2. The van der Waals surface area contributed by atoms with Crippen LogP contribution >= 0.6 is 11.8 Å². The smallest absolute Gasteiger partial charge is 0.305 e. The first-order chi connectivity index (χ1) is 63.7. The Hall–Kier alpha value is -13.6. The SMILES string of the molecule is CCCC[C@H]1C(=O)N2CCC[C@@H]2C(=O)N[C@@H](CC(=O)O)C(=O)N[C@H](C(C)C)C(=O)N(C)[C@@H](Cc2ccccc2)C(=O)N[C@@H](CCC(=O)O)C(=O)N2CCOC[C@@H]2C(=O)N[C@H](Cc2c[nH]c3ccccc23)C(=O)N[C@@H](Cc2ccc(O)cc2)C(=O)N[C@@H](CCN)C(=O)N[C@H](C(=O)NCC(N)=O)CSCC(=O)N[C@@H](Cc2cc(F)c(F)c(F)c2)C(=O)N(C)[C@@H](Cc2ccc(F)cc2)C(=O)N1C. The highest BCUT2D eigenvalue weighted by Crippen LogP contribution is 2.28. The zero-order valence-corrected chi connectivity index (χ0v) is 75.5. The Kier molecular flexibility index (Phi) is 38.3. The highest BCUT2D eigenvalue weighted by atomic mass is 32.2. The van der Waals surface area contributed by atoms with Gasteiger partial charge in [-0.1, -0.05) is 106 Å². The first-order valence-electron chi connectivity index (χ1n) is 43.7. The van der Waals surface area contributed by atoms with E-state index in [0.717, 1.165) is 43.7 Å². The van der Waals surface area contributed by atoms with Gasteiger partial charge in [-0.15, -0.1) is 11.8 Å². The number of hydrogen-bond acceptors (Lipinski definition) is 21. The van der Waals surface area contributed by atoms with Crippen molar-refractivity contribution in [3.05, 3.63) is 173 Å². The molecule has 4 heterocycles. The Morgan fingerprint density at radius 2 is 1.10 bits per heavy atom. The molecule has 17 N–H and O–H groups in total. The molecule has 38 nitrogen and oxygen atoms in total. The van der Waals surface area contributed by atoms with Gasteiger partial charge in [-0.25, -0.2) is 17.6 Å². The molecule has 1 aromatic heterocycles. The second-order valence-corrected chi connectivity index (χ2v) is 34.4. The van der Waals surface area contributed by atoms with E-state index in [2.05, 4.69) is 52.8 Å². The minimum Gasteiger partial charge on any atom is -0.508 e. The molecule has 43 heteroatoms. The summed E-state index contributed by atoms with van der Waals surface area (Å²) in [5.41, 5.74) is 13.0. The zero-order valence-electron chi connectivity index (χ0n) is 74.7. The topological polar surface area (TPSA) is 552 Å². The molecule has 722 valence electrons. The molecule has 0 saturated carbocycles. The second-order valence-electron chi connectivity index (χ2n) is 33.4. The van der Waals surface area contributed by atoms with Crippen LogP contribution in [0.2, 0.25) is 0 Å². The largest absolute Gasteiger partial charge is 0.508 e. The molecule has 3 aliphatic rings. The van der Waals surface area contributed by atoms with E-state index in [1.807, 2.05) is 0 Å². The minimum absolute atomic E-state index is 0.0952. The zero-order chi connectivity index (χ0) is 97.9. The number of hydrogen-bond donors (Lipinski definition) is 15. The second kappa shape index (κ2) is 49.2. The summed E-state index contributed by atoms with van der Waals surface area (Å²) in [7, 11) is 3.53. The first-order valence-corrected chi connectivity index (χ1v) is 44.8. The van der Waals surface area contributed by atoms with Crippen LogP contribution < -0.4 is 59.3 Å². The number of H-pyrrole nitrogens is 1. The number of aromatic nitrogens is 1. The van der Waals surface area contributed by atoms with Gasteiger partial charge >= 0.3 is 11.9 Å². The number of ether oxygens (including phenoxy) is 1. The van der Waals surface area contributed by atoms with E-state index in [-0.39, 0.29) is 76.1 Å². The third kappa shape index (κ3) is 28.7. The van der Waals surface area contributed by atoms with Gasteiger partial charge in [0, 0.05) is 95.6 Å². The number of morpholine rings is 1. The number of likely N-dealkylation sites (N-methyl/N-ethyl adjacent to an activating group) is 3. The van der Waals surface area contributed by atoms with E-state index in [1.165, 1.54) is 64.3 Å². The molecule has 9 rings (SSSR count). The molecule has 5 aromatic carbocycles. The predicted octanol–water partition coefficient (Wildman–Crippen LogP) is 0.404. The summed E-state index contributed by atoms with van der Waals surface area (Å²) in [6.07, 6.45) is -3.22. The summed E-state index contributed by atoms with van der Waals surface area (Å²) < 4.78 is 65.5. The number of unbranched alkanes of at least 4 members (excludes halogenated alkanes) is 1. The number of carboxylic acids is 2. The Morgan fingerprint density at radius 1 is 0.545 bits per heavy atom. The van der Waals surface area contributed by atoms with Crippen LogP contribution in [0.1, 0.15) is 106 Å². The van der Waals surface area contributed by atoms with Gasteiger partial charge in [0.15, 0.2) is 17.5 Å². The van der Waals surface area contributed by atoms with Crippen LogP contribution in [0.4, 0.5) is 17.6 Å². The van der Waals surface area contributed by atoms with Gasteiger partial charge in [0.2, 0.25) is 88.6 Å². The highest BCUT2D eigenvalue weighted by Gasteiger charge is 2.46.